The molecule has 0 aromatic heterocycles. The Morgan fingerprint density at radius 1 is 1.21 bits per heavy atom. The molecule has 104 valence electrons. The smallest absolute Gasteiger partial charge is 0.405 e. The highest BCUT2D eigenvalue weighted by Crippen LogP contribution is 2.27. The van der Waals surface area contributed by atoms with Gasteiger partial charge >= 0.3 is 6.09 Å². The summed E-state index contributed by atoms with van der Waals surface area (Å²) in [5, 5.41) is 2.58. The summed E-state index contributed by atoms with van der Waals surface area (Å²) in [7, 11) is 3.07. The number of amides is 2. The fraction of sp³-hybridized carbons (Fsp3) is 0.333. The lowest BCUT2D eigenvalue weighted by molar-refractivity contribution is -0.124. The highest BCUT2D eigenvalue weighted by Gasteiger charge is 2.07. The molecule has 1 aromatic carbocycles. The van der Waals surface area contributed by atoms with E-state index in [1.54, 1.807) is 25.3 Å². The van der Waals surface area contributed by atoms with Crippen LogP contribution in [-0.2, 0) is 16.1 Å². The van der Waals surface area contributed by atoms with Crippen molar-refractivity contribution in [1.29, 1.82) is 0 Å². The zero-order chi connectivity index (χ0) is 14.3. The van der Waals surface area contributed by atoms with Crippen LogP contribution in [0.2, 0.25) is 0 Å². The molecule has 0 saturated heterocycles. The second-order valence-electron chi connectivity index (χ2n) is 3.57. The molecule has 0 spiro atoms. The van der Waals surface area contributed by atoms with Crippen molar-refractivity contribution >= 4 is 12.0 Å². The monoisotopic (exact) mass is 268 g/mol. The normalized spacial score (nSPS) is 9.58. The van der Waals surface area contributed by atoms with Gasteiger partial charge in [0.2, 0.25) is 0 Å². The molecule has 0 saturated carbocycles. The van der Waals surface area contributed by atoms with Crippen LogP contribution in [0.1, 0.15) is 5.56 Å². The van der Waals surface area contributed by atoms with Crippen molar-refractivity contribution in [2.45, 2.75) is 6.54 Å². The molecule has 7 nitrogen and oxygen atoms in total. The SMILES string of the molecule is COc1ccc(CNC(=O)COC(N)=O)cc1OC. The molecule has 0 unspecified atom stereocenters. The van der Waals surface area contributed by atoms with Crippen molar-refractivity contribution in [3.05, 3.63) is 23.8 Å². The van der Waals surface area contributed by atoms with Crippen LogP contribution in [0.25, 0.3) is 0 Å². The predicted octanol–water partition coefficient (Wildman–Crippen LogP) is 0.415. The zero-order valence-corrected chi connectivity index (χ0v) is 10.8. The molecule has 0 fully saturated rings. The lowest BCUT2D eigenvalue weighted by Crippen LogP contribution is -2.29. The van der Waals surface area contributed by atoms with Gasteiger partial charge in [0.1, 0.15) is 0 Å². The molecule has 0 radical (unpaired) electrons. The van der Waals surface area contributed by atoms with Gasteiger partial charge in [-0.1, -0.05) is 6.07 Å². The van der Waals surface area contributed by atoms with E-state index in [-0.39, 0.29) is 6.54 Å². The van der Waals surface area contributed by atoms with Crippen LogP contribution in [0.3, 0.4) is 0 Å². The second-order valence-corrected chi connectivity index (χ2v) is 3.57. The Kier molecular flexibility index (Phi) is 5.46. The number of ether oxygens (including phenoxy) is 3. The Morgan fingerprint density at radius 3 is 2.47 bits per heavy atom. The van der Waals surface area contributed by atoms with Crippen LogP contribution >= 0.6 is 0 Å². The molecule has 0 aliphatic rings. The molecule has 3 N–H and O–H groups in total. The molecular weight excluding hydrogens is 252 g/mol. The van der Waals surface area contributed by atoms with E-state index in [4.69, 9.17) is 15.2 Å². The summed E-state index contributed by atoms with van der Waals surface area (Å²) < 4.78 is 14.6. The van der Waals surface area contributed by atoms with Gasteiger partial charge in [-0.25, -0.2) is 4.79 Å². The average molecular weight is 268 g/mol. The average Bonchev–Trinajstić information content (AvgIpc) is 2.42. The van der Waals surface area contributed by atoms with Gasteiger partial charge in [0.15, 0.2) is 18.1 Å². The quantitative estimate of drug-likeness (QED) is 0.778. The summed E-state index contributed by atoms with van der Waals surface area (Å²) in [5.41, 5.74) is 5.57. The second kappa shape index (κ2) is 7.10. The summed E-state index contributed by atoms with van der Waals surface area (Å²) in [6, 6.07) is 5.27. The zero-order valence-electron chi connectivity index (χ0n) is 10.8. The Hall–Kier alpha value is -2.44. The first-order valence-electron chi connectivity index (χ1n) is 5.46. The number of nitrogens with two attached hydrogens (primary N) is 1. The number of primary amides is 1. The maximum atomic E-state index is 11.3. The van der Waals surface area contributed by atoms with Crippen LogP contribution < -0.4 is 20.5 Å². The molecule has 2 amide bonds. The number of hydrogen-bond acceptors (Lipinski definition) is 5. The van der Waals surface area contributed by atoms with Crippen molar-refractivity contribution in [2.75, 3.05) is 20.8 Å². The maximum absolute atomic E-state index is 11.3. The van der Waals surface area contributed by atoms with Gasteiger partial charge in [0.05, 0.1) is 14.2 Å². The molecule has 1 rings (SSSR count). The molecule has 7 heteroatoms. The molecule has 1 aromatic rings. The summed E-state index contributed by atoms with van der Waals surface area (Å²) in [4.78, 5) is 21.6. The molecule has 0 atom stereocenters. The molecule has 0 aliphatic heterocycles. The first-order chi connectivity index (χ1) is 9.06. The van der Waals surface area contributed by atoms with Gasteiger partial charge in [-0.05, 0) is 17.7 Å². The van der Waals surface area contributed by atoms with Crippen LogP contribution in [0.4, 0.5) is 4.79 Å². The molecule has 0 aliphatic carbocycles. The van der Waals surface area contributed by atoms with Crippen molar-refractivity contribution in [3.8, 4) is 11.5 Å². The molecule has 0 heterocycles. The molecule has 19 heavy (non-hydrogen) atoms. The third kappa shape index (κ3) is 4.74. The molecule has 0 bridgehead atoms. The largest absolute Gasteiger partial charge is 0.493 e. The number of carbonyl (C=O) groups excluding carboxylic acids is 2. The lowest BCUT2D eigenvalue weighted by Gasteiger charge is -2.10. The van der Waals surface area contributed by atoms with Gasteiger partial charge in [-0.2, -0.15) is 0 Å². The highest BCUT2D eigenvalue weighted by molar-refractivity contribution is 5.79. The molecular formula is C12H16N2O5. The van der Waals surface area contributed by atoms with E-state index >= 15 is 0 Å². The third-order valence-electron chi connectivity index (χ3n) is 2.28. The number of rotatable bonds is 6. The minimum absolute atomic E-state index is 0.279. The van der Waals surface area contributed by atoms with Gasteiger partial charge < -0.3 is 25.3 Å². The van der Waals surface area contributed by atoms with E-state index in [0.29, 0.717) is 11.5 Å². The summed E-state index contributed by atoms with van der Waals surface area (Å²) in [6.07, 6.45) is -0.985. The van der Waals surface area contributed by atoms with Gasteiger partial charge in [0.25, 0.3) is 5.91 Å². The predicted molar refractivity (Wildman–Crippen MR) is 66.9 cm³/mol. The van der Waals surface area contributed by atoms with Crippen LogP contribution in [0.5, 0.6) is 11.5 Å². The van der Waals surface area contributed by atoms with E-state index in [9.17, 15) is 9.59 Å². The van der Waals surface area contributed by atoms with E-state index in [1.807, 2.05) is 0 Å². The van der Waals surface area contributed by atoms with Crippen LogP contribution in [-0.4, -0.2) is 32.8 Å². The minimum Gasteiger partial charge on any atom is -0.493 e. The van der Waals surface area contributed by atoms with Gasteiger partial charge in [-0.3, -0.25) is 4.79 Å². The number of benzene rings is 1. The fourth-order valence-electron chi connectivity index (χ4n) is 1.38. The van der Waals surface area contributed by atoms with Crippen LogP contribution in [0.15, 0.2) is 18.2 Å². The Balaban J connectivity index is 2.53. The third-order valence-corrected chi connectivity index (χ3v) is 2.28. The number of hydrogen-bond donors (Lipinski definition) is 2. The van der Waals surface area contributed by atoms with Crippen LogP contribution in [0, 0.1) is 0 Å². The van der Waals surface area contributed by atoms with Crippen molar-refractivity contribution < 1.29 is 23.8 Å². The van der Waals surface area contributed by atoms with E-state index in [0.717, 1.165) is 5.56 Å². The highest BCUT2D eigenvalue weighted by atomic mass is 16.5. The first-order valence-corrected chi connectivity index (χ1v) is 5.46. The summed E-state index contributed by atoms with van der Waals surface area (Å²) in [5.74, 6) is 0.742. The van der Waals surface area contributed by atoms with Crippen molar-refractivity contribution in [3.63, 3.8) is 0 Å². The summed E-state index contributed by atoms with van der Waals surface area (Å²) >= 11 is 0. The van der Waals surface area contributed by atoms with Gasteiger partial charge in [-0.15, -0.1) is 0 Å². The Morgan fingerprint density at radius 2 is 1.89 bits per heavy atom. The Bertz CT molecular complexity index is 461. The van der Waals surface area contributed by atoms with Crippen molar-refractivity contribution in [2.24, 2.45) is 5.73 Å². The van der Waals surface area contributed by atoms with E-state index < -0.39 is 18.6 Å². The number of methoxy groups -OCH3 is 2. The number of carbonyl (C=O) groups is 2. The maximum Gasteiger partial charge on any atom is 0.405 e. The fourth-order valence-corrected chi connectivity index (χ4v) is 1.38. The van der Waals surface area contributed by atoms with E-state index in [1.165, 1.54) is 7.11 Å². The topological polar surface area (TPSA) is 99.9 Å². The van der Waals surface area contributed by atoms with Gasteiger partial charge in [0, 0.05) is 6.54 Å². The van der Waals surface area contributed by atoms with E-state index in [2.05, 4.69) is 10.1 Å². The standard InChI is InChI=1S/C12H16N2O5/c1-17-9-4-3-8(5-10(9)18-2)6-14-11(15)7-19-12(13)16/h3-5H,6-7H2,1-2H3,(H2,13,16)(H,14,15). The first kappa shape index (κ1) is 14.6. The van der Waals surface area contributed by atoms with Crippen molar-refractivity contribution in [1.82, 2.24) is 5.32 Å². The Labute approximate surface area is 110 Å². The lowest BCUT2D eigenvalue weighted by atomic mass is 10.2. The number of nitrogens with one attached hydrogen (secondary N) is 1. The summed E-state index contributed by atoms with van der Waals surface area (Å²) in [6.45, 7) is -0.121. The minimum atomic E-state index is -0.985.